The van der Waals surface area contributed by atoms with E-state index in [9.17, 15) is 104 Å². The van der Waals surface area contributed by atoms with Crippen LogP contribution in [-0.2, 0) is 203 Å². The highest BCUT2D eigenvalue weighted by Crippen LogP contribution is 2.47. The molecular formula is C54H86O54S10-10. The van der Waals surface area contributed by atoms with Crippen LogP contribution in [0.2, 0.25) is 0 Å². The van der Waals surface area contributed by atoms with Gasteiger partial charge in [0.2, 0.25) is 62.4 Å². The number of rotatable bonds is 47. The van der Waals surface area contributed by atoms with Gasteiger partial charge in [0.05, 0.1) is 75.3 Å². The fraction of sp³-hybridized carbons (Fsp3) is 1.00. The highest BCUT2D eigenvalue weighted by atomic mass is 32.3. The van der Waals surface area contributed by atoms with Gasteiger partial charge >= 0.3 is 0 Å². The smallest absolute Gasteiger partial charge is 0.218 e. The molecule has 0 amide bonds. The topological polar surface area (TPSA) is 742 Å². The van der Waals surface area contributed by atoms with Crippen LogP contribution in [-0.4, -0.2) is 275 Å². The molecule has 1 N–H and O–H groups in total. The lowest BCUT2D eigenvalue weighted by Crippen LogP contribution is -2.68. The summed E-state index contributed by atoms with van der Waals surface area (Å²) in [4.78, 5) is 0. The molecular weight excluding hydrogens is 1830 g/mol. The van der Waals surface area contributed by atoms with Crippen molar-refractivity contribution in [3.63, 3.8) is 0 Å². The summed E-state index contributed by atoms with van der Waals surface area (Å²) in [5.41, 5.74) is 0. The summed E-state index contributed by atoms with van der Waals surface area (Å²) in [6, 6.07) is 0. The molecule has 35 atom stereocenters. The fourth-order valence-corrected chi connectivity index (χ4v) is 18.2. The Bertz CT molecular complexity index is 3730. The average Bonchev–Trinajstić information content (AvgIpc) is 0.763. The van der Waals surface area contributed by atoms with Gasteiger partial charge in [-0.15, -0.1) is 17.3 Å². The largest absolute Gasteiger partial charge is 0.726 e. The van der Waals surface area contributed by atoms with Crippen LogP contribution in [0.5, 0.6) is 0 Å². The van der Waals surface area contributed by atoms with Gasteiger partial charge in [0.25, 0.3) is 0 Å². The van der Waals surface area contributed by atoms with Crippen molar-refractivity contribution in [3.05, 3.63) is 0 Å². The molecule has 7 aliphatic rings. The number of hydrogen-bond donors (Lipinski definition) is 1. The van der Waals surface area contributed by atoms with E-state index in [1.54, 1.807) is 6.92 Å². The third kappa shape index (κ3) is 30.3. The number of ether oxygens (including phenoxy) is 13. The standard InChI is InChI=1S/C54H96O54S10/c1-13-29-37(21(5)20(4)28(12)82-29)89-49-25(9)22(6)38(30(14-2)83-49)90-50-26(10)23(7)39(31(15-3)84-50)91-51-27(11)24(8)40(35(85-51)19-81-113(60,61)62)92-53-47(99-117(72,73)74)45(97-115(66,67)68)42(33(87-53)17-79-110-106-102-57)94-52-44(96-114(63,64)65)36(55)41(32(86-52)16-78-109-105-101-56)93-54-48(100-118(75,76)77)46(98-116(69,70)71)43(95-112-108-104-59)34(88-54)18-80-111-107-103-58/h20-59H,13-19H2,1-12H3,(H,60,61,62)(H,63,64,65)(H,66,67,68)(H,69,70,71)(H,72,73,74)(H,75,76,77)/p-10/t20?,21-,22-,23?,24?,25?,26?,27?,28+,29?,30?,31?,32?,33?,34?,35?,36+,37-,38-,39+,40+,41+,42+,43+,44?,45+,46+,47?,48?,49+,50-,51-,52+,53+,54+/m1/s1. The molecule has 64 heteroatoms. The molecule has 696 valence electrons. The van der Waals surface area contributed by atoms with Gasteiger partial charge in [-0.25, -0.2) is 50.5 Å². The van der Waals surface area contributed by atoms with E-state index in [2.05, 4.69) is 68.1 Å². The maximum absolute atomic E-state index is 13.0. The summed E-state index contributed by atoms with van der Waals surface area (Å²) in [7, 11) is -37.9. The molecule has 0 aliphatic carbocycles. The van der Waals surface area contributed by atoms with E-state index in [1.165, 1.54) is 13.8 Å². The highest BCUT2D eigenvalue weighted by molar-refractivity contribution is 7.90. The zero-order chi connectivity index (χ0) is 87.9. The second-order valence-electron chi connectivity index (χ2n) is 27.6. The molecule has 118 heavy (non-hydrogen) atoms. The molecule has 0 bridgehead atoms. The first-order chi connectivity index (χ1) is 55.1. The monoisotopic (exact) mass is 1920 g/mol. The summed E-state index contributed by atoms with van der Waals surface area (Å²) in [6.45, 7) is 17.2. The molecule has 0 radical (unpaired) electrons. The van der Waals surface area contributed by atoms with Crippen LogP contribution >= 0.6 is 49.3 Å². The highest BCUT2D eigenvalue weighted by Gasteiger charge is 2.61. The van der Waals surface area contributed by atoms with Crippen molar-refractivity contribution in [1.82, 2.24) is 0 Å². The Hall–Kier alpha value is -0.580. The zero-order valence-electron chi connectivity index (χ0n) is 63.3. The van der Waals surface area contributed by atoms with Gasteiger partial charge in [-0.3, -0.25) is 62.0 Å². The zero-order valence-corrected chi connectivity index (χ0v) is 71.5. The van der Waals surface area contributed by atoms with Crippen LogP contribution in [0.4, 0.5) is 0 Å². The second-order valence-corrected chi connectivity index (χ2v) is 35.7. The number of hydrogen-bond acceptors (Lipinski definition) is 58. The van der Waals surface area contributed by atoms with E-state index >= 15 is 0 Å². The lowest BCUT2D eigenvalue weighted by Gasteiger charge is -2.52. The van der Waals surface area contributed by atoms with Crippen LogP contribution in [0.1, 0.15) is 102 Å². The third-order valence-corrected chi connectivity index (χ3v) is 24.8. The second kappa shape index (κ2) is 46.6. The molecule has 0 spiro atoms. The number of aliphatic hydroxyl groups excluding tert-OH is 1. The Morgan fingerprint density at radius 1 is 0.288 bits per heavy atom. The summed E-state index contributed by atoms with van der Waals surface area (Å²) >= 11 is -1.83. The molecule has 7 rings (SSSR count). The van der Waals surface area contributed by atoms with Crippen molar-refractivity contribution in [2.45, 2.75) is 268 Å². The van der Waals surface area contributed by atoms with Crippen molar-refractivity contribution < 1.29 is 245 Å². The van der Waals surface area contributed by atoms with Crippen LogP contribution in [0.3, 0.4) is 0 Å². The molecule has 0 aromatic rings. The van der Waals surface area contributed by atoms with Crippen molar-refractivity contribution in [3.8, 4) is 0 Å². The Morgan fingerprint density at radius 2 is 0.559 bits per heavy atom. The fourth-order valence-electron chi connectivity index (χ4n) is 14.3. The van der Waals surface area contributed by atoms with E-state index in [-0.39, 0.29) is 60.7 Å². The summed E-state index contributed by atoms with van der Waals surface area (Å²) in [6.07, 6.45) is -52.5. The predicted octanol–water partition coefficient (Wildman–Crippen LogP) is -4.60. The first-order valence-corrected chi connectivity index (χ1v) is 45.8. The molecule has 16 unspecified atom stereocenters. The van der Waals surface area contributed by atoms with Gasteiger partial charge in [0, 0.05) is 17.8 Å². The Kier molecular flexibility index (Phi) is 41.3. The minimum Gasteiger partial charge on any atom is -0.726 e. The number of aliphatic hydroxyl groups is 1. The molecule has 0 saturated carbocycles. The Morgan fingerprint density at radius 3 is 0.932 bits per heavy atom. The van der Waals surface area contributed by atoms with E-state index < -0.39 is 297 Å². The molecule has 7 saturated heterocycles. The molecule has 54 nitrogen and oxygen atoms in total. The van der Waals surface area contributed by atoms with E-state index in [0.29, 0.717) is 12.8 Å². The predicted molar refractivity (Wildman–Crippen MR) is 356 cm³/mol. The minimum atomic E-state index is -6.52. The maximum Gasteiger partial charge on any atom is 0.218 e. The lowest BCUT2D eigenvalue weighted by atomic mass is 9.80. The van der Waals surface area contributed by atoms with Crippen molar-refractivity contribution in [2.24, 2.45) is 47.3 Å². The van der Waals surface area contributed by atoms with Crippen molar-refractivity contribution in [2.75, 3.05) is 26.4 Å². The van der Waals surface area contributed by atoms with E-state index in [0.717, 1.165) is 0 Å². The van der Waals surface area contributed by atoms with Gasteiger partial charge in [-0.1, -0.05) is 76.2 Å². The van der Waals surface area contributed by atoms with E-state index in [1.807, 2.05) is 48.5 Å². The quantitative estimate of drug-likeness (QED) is 0.0150. The van der Waals surface area contributed by atoms with Crippen molar-refractivity contribution >= 4 is 112 Å². The maximum atomic E-state index is 13.0. The normalized spacial score (nSPS) is 40.2. The summed E-state index contributed by atoms with van der Waals surface area (Å²) in [5, 5.41) is 68.0. The molecule has 0 aromatic carbocycles. The molecule has 7 heterocycles. The van der Waals surface area contributed by atoms with E-state index in [4.69, 9.17) is 86.7 Å². The SMILES string of the molecule is CCC1O[C@H](O[C@H]2C(CC)O[C@@H](O[C@H]3C(CC)O[C@@H](C)C(C)[C@H]3C)C(C)[C@H]2C)C(C)C(C)[C@@H]1O[C@H]1OC(COS(=O)(=O)[O-])[C@@H](O[C@@H]2OC(COSOO[O-])[C@H](O[C@@H]3OC(COSOO[O-])[C@H](O[C@@H]4OC(COSOO[O-])[C@H](OSOO[O-])[C@H](OS(=O)(=O)[O-])C4OS(=O)(=O)[O-])[C@H](O)C3OS(=O)(=O)[O-])[C@H](OS(=O)(=O)[O-])C2OS(=O)(=O)[O-])C(C)C1C. The van der Waals surface area contributed by atoms with Gasteiger partial charge in [-0.2, -0.15) is 0 Å². The Balaban J connectivity index is 1.23. The minimum absolute atomic E-state index is 0.0213. The van der Waals surface area contributed by atoms with Crippen LogP contribution < -0.4 is 21.0 Å². The lowest BCUT2D eigenvalue weighted by molar-refractivity contribution is -0.777. The van der Waals surface area contributed by atoms with Gasteiger partial charge in [0.1, 0.15) is 61.0 Å². The van der Waals surface area contributed by atoms with Gasteiger partial charge < -0.3 is 115 Å². The van der Waals surface area contributed by atoms with Crippen LogP contribution in [0.25, 0.3) is 0 Å². The molecule has 7 aliphatic heterocycles. The first kappa shape index (κ1) is 104. The summed E-state index contributed by atoms with van der Waals surface area (Å²) < 4.78 is 373. The average molecular weight is 1920 g/mol. The van der Waals surface area contributed by atoms with Gasteiger partial charge in [-0.05, 0) is 55.8 Å². The first-order valence-electron chi connectivity index (χ1n) is 35.1. The molecule has 7 fully saturated rings. The third-order valence-electron chi connectivity index (χ3n) is 20.7. The summed E-state index contributed by atoms with van der Waals surface area (Å²) in [5.74, 6) is -3.29. The van der Waals surface area contributed by atoms with Crippen molar-refractivity contribution in [1.29, 1.82) is 0 Å². The van der Waals surface area contributed by atoms with Crippen LogP contribution in [0, 0.1) is 47.3 Å². The Labute approximate surface area is 694 Å². The van der Waals surface area contributed by atoms with Crippen LogP contribution in [0.15, 0.2) is 0 Å². The molecule has 0 aromatic heterocycles. The van der Waals surface area contributed by atoms with Gasteiger partial charge in [0.15, 0.2) is 105 Å².